The van der Waals surface area contributed by atoms with Gasteiger partial charge in [0, 0.05) is 18.9 Å². The van der Waals surface area contributed by atoms with E-state index >= 15 is 0 Å². The smallest absolute Gasteiger partial charge is 0.355 e. The van der Waals surface area contributed by atoms with Gasteiger partial charge in [-0.3, -0.25) is 4.79 Å². The Bertz CT molecular complexity index is 873. The summed E-state index contributed by atoms with van der Waals surface area (Å²) in [5.74, 6) is -1.23. The molecule has 1 amide bonds. The number of amides is 1. The van der Waals surface area contributed by atoms with Gasteiger partial charge in [0.05, 0.1) is 4.90 Å². The topological polar surface area (TPSA) is 120 Å². The molecule has 128 valence electrons. The Morgan fingerprint density at radius 2 is 1.96 bits per heavy atom. The fourth-order valence-electron chi connectivity index (χ4n) is 1.94. The minimum Gasteiger partial charge on any atom is -0.448 e. The lowest BCUT2D eigenvalue weighted by Gasteiger charge is -2.14. The second-order valence-corrected chi connectivity index (χ2v) is 6.68. The number of hydrogen-bond acceptors (Lipinski definition) is 5. The third-order valence-corrected chi connectivity index (χ3v) is 4.15. The van der Waals surface area contributed by atoms with Crippen LogP contribution in [0.3, 0.4) is 0 Å². The van der Waals surface area contributed by atoms with Crippen LogP contribution in [0.25, 0.3) is 0 Å². The SMILES string of the molecule is C[C@@H](OC(=O)c1cccn1C)C(=O)Nc1cccc(S(N)(=O)=O)c1. The van der Waals surface area contributed by atoms with Crippen molar-refractivity contribution < 1.29 is 22.7 Å². The monoisotopic (exact) mass is 351 g/mol. The highest BCUT2D eigenvalue weighted by Gasteiger charge is 2.20. The van der Waals surface area contributed by atoms with Gasteiger partial charge in [0.2, 0.25) is 10.0 Å². The lowest BCUT2D eigenvalue weighted by molar-refractivity contribution is -0.123. The Morgan fingerprint density at radius 3 is 2.54 bits per heavy atom. The van der Waals surface area contributed by atoms with Crippen molar-refractivity contribution in [3.63, 3.8) is 0 Å². The zero-order chi connectivity index (χ0) is 17.9. The molecule has 0 aliphatic rings. The molecular formula is C15H17N3O5S. The molecule has 0 saturated carbocycles. The summed E-state index contributed by atoms with van der Waals surface area (Å²) in [6.07, 6.45) is 0.616. The van der Waals surface area contributed by atoms with E-state index in [1.165, 1.54) is 31.2 Å². The number of esters is 1. The van der Waals surface area contributed by atoms with Crippen molar-refractivity contribution >= 4 is 27.6 Å². The minimum atomic E-state index is -3.87. The summed E-state index contributed by atoms with van der Waals surface area (Å²) < 4.78 is 29.3. The van der Waals surface area contributed by atoms with Gasteiger partial charge in [0.1, 0.15) is 5.69 Å². The summed E-state index contributed by atoms with van der Waals surface area (Å²) in [4.78, 5) is 23.9. The fourth-order valence-corrected chi connectivity index (χ4v) is 2.50. The van der Waals surface area contributed by atoms with Crippen LogP contribution in [0.4, 0.5) is 5.69 Å². The van der Waals surface area contributed by atoms with Crippen molar-refractivity contribution in [1.29, 1.82) is 0 Å². The van der Waals surface area contributed by atoms with Crippen LogP contribution in [0.5, 0.6) is 0 Å². The summed E-state index contributed by atoms with van der Waals surface area (Å²) in [5.41, 5.74) is 0.541. The van der Waals surface area contributed by atoms with Gasteiger partial charge in [0.15, 0.2) is 6.10 Å². The zero-order valence-electron chi connectivity index (χ0n) is 13.1. The largest absolute Gasteiger partial charge is 0.448 e. The first-order chi connectivity index (χ1) is 11.2. The Kier molecular flexibility index (Phi) is 5.05. The lowest BCUT2D eigenvalue weighted by atomic mass is 10.3. The molecule has 2 aromatic rings. The summed E-state index contributed by atoms with van der Waals surface area (Å²) >= 11 is 0. The average molecular weight is 351 g/mol. The van der Waals surface area contributed by atoms with Gasteiger partial charge in [0.25, 0.3) is 5.91 Å². The number of ether oxygens (including phenoxy) is 1. The van der Waals surface area contributed by atoms with Gasteiger partial charge in [-0.1, -0.05) is 6.07 Å². The van der Waals surface area contributed by atoms with Crippen LogP contribution in [0.1, 0.15) is 17.4 Å². The summed E-state index contributed by atoms with van der Waals surface area (Å²) in [6, 6.07) is 8.72. The van der Waals surface area contributed by atoms with Crippen molar-refractivity contribution in [2.24, 2.45) is 12.2 Å². The quantitative estimate of drug-likeness (QED) is 0.774. The van der Waals surface area contributed by atoms with Gasteiger partial charge in [-0.2, -0.15) is 0 Å². The van der Waals surface area contributed by atoms with Crippen LogP contribution in [0.2, 0.25) is 0 Å². The van der Waals surface area contributed by atoms with Gasteiger partial charge < -0.3 is 14.6 Å². The lowest BCUT2D eigenvalue weighted by Crippen LogP contribution is -2.30. The van der Waals surface area contributed by atoms with E-state index in [1.54, 1.807) is 29.9 Å². The molecule has 2 rings (SSSR count). The number of aromatic nitrogens is 1. The van der Waals surface area contributed by atoms with Gasteiger partial charge in [-0.05, 0) is 37.3 Å². The molecule has 0 fully saturated rings. The Labute approximate surface area is 139 Å². The second kappa shape index (κ2) is 6.85. The van der Waals surface area contributed by atoms with E-state index in [0.717, 1.165) is 0 Å². The van der Waals surface area contributed by atoms with Crippen LogP contribution >= 0.6 is 0 Å². The number of carbonyl (C=O) groups is 2. The van der Waals surface area contributed by atoms with E-state index in [4.69, 9.17) is 9.88 Å². The Morgan fingerprint density at radius 1 is 1.25 bits per heavy atom. The molecule has 1 aromatic carbocycles. The number of nitrogens with zero attached hydrogens (tertiary/aromatic N) is 1. The predicted molar refractivity (Wildman–Crippen MR) is 86.7 cm³/mol. The number of carbonyl (C=O) groups excluding carboxylic acids is 2. The van der Waals surface area contributed by atoms with E-state index in [1.807, 2.05) is 0 Å². The van der Waals surface area contributed by atoms with E-state index in [-0.39, 0.29) is 10.6 Å². The molecule has 0 spiro atoms. The fraction of sp³-hybridized carbons (Fsp3) is 0.200. The third kappa shape index (κ3) is 4.21. The van der Waals surface area contributed by atoms with Gasteiger partial charge in [-0.15, -0.1) is 0 Å². The summed E-state index contributed by atoms with van der Waals surface area (Å²) in [7, 11) is -2.19. The molecule has 0 bridgehead atoms. The first kappa shape index (κ1) is 17.7. The van der Waals surface area contributed by atoms with Crippen LogP contribution in [0, 0.1) is 0 Å². The standard InChI is InChI=1S/C15H17N3O5S/c1-10(23-15(20)13-7-4-8-18(13)2)14(19)17-11-5-3-6-12(9-11)24(16,21)22/h3-10H,1-2H3,(H,17,19)(H2,16,21,22)/t10-/m1/s1. The highest BCUT2D eigenvalue weighted by Crippen LogP contribution is 2.15. The van der Waals surface area contributed by atoms with E-state index in [2.05, 4.69) is 5.32 Å². The Balaban J connectivity index is 2.04. The molecular weight excluding hydrogens is 334 g/mol. The van der Waals surface area contributed by atoms with Gasteiger partial charge >= 0.3 is 5.97 Å². The van der Waals surface area contributed by atoms with E-state index < -0.39 is 28.0 Å². The molecule has 9 heteroatoms. The van der Waals surface area contributed by atoms with Crippen LogP contribution in [-0.2, 0) is 26.6 Å². The molecule has 0 unspecified atom stereocenters. The van der Waals surface area contributed by atoms with Crippen molar-refractivity contribution in [1.82, 2.24) is 4.57 Å². The number of benzene rings is 1. The first-order valence-electron chi connectivity index (χ1n) is 6.94. The number of rotatable bonds is 5. The van der Waals surface area contributed by atoms with E-state index in [0.29, 0.717) is 5.69 Å². The summed E-state index contributed by atoms with van der Waals surface area (Å²) in [5, 5.41) is 7.51. The normalized spacial score (nSPS) is 12.5. The number of aryl methyl sites for hydroxylation is 1. The van der Waals surface area contributed by atoms with E-state index in [9.17, 15) is 18.0 Å². The van der Waals surface area contributed by atoms with Crippen LogP contribution in [-0.4, -0.2) is 31.0 Å². The number of primary sulfonamides is 1. The molecule has 1 atom stereocenters. The molecule has 1 aromatic heterocycles. The van der Waals surface area contributed by atoms with Crippen molar-refractivity contribution in [2.75, 3.05) is 5.32 Å². The van der Waals surface area contributed by atoms with Gasteiger partial charge in [-0.25, -0.2) is 18.4 Å². The molecule has 0 saturated heterocycles. The maximum atomic E-state index is 12.1. The Hall–Kier alpha value is -2.65. The molecule has 3 N–H and O–H groups in total. The second-order valence-electron chi connectivity index (χ2n) is 5.11. The zero-order valence-corrected chi connectivity index (χ0v) is 13.9. The molecule has 0 radical (unpaired) electrons. The summed E-state index contributed by atoms with van der Waals surface area (Å²) in [6.45, 7) is 1.42. The minimum absolute atomic E-state index is 0.131. The maximum Gasteiger partial charge on any atom is 0.355 e. The highest BCUT2D eigenvalue weighted by molar-refractivity contribution is 7.89. The number of anilines is 1. The molecule has 8 nitrogen and oxygen atoms in total. The van der Waals surface area contributed by atoms with Crippen LogP contribution < -0.4 is 10.5 Å². The molecule has 24 heavy (non-hydrogen) atoms. The predicted octanol–water partition coefficient (Wildman–Crippen LogP) is 0.857. The van der Waals surface area contributed by atoms with Crippen molar-refractivity contribution in [3.8, 4) is 0 Å². The average Bonchev–Trinajstić information content (AvgIpc) is 2.92. The number of nitrogens with two attached hydrogens (primary N) is 1. The van der Waals surface area contributed by atoms with Crippen LogP contribution in [0.15, 0.2) is 47.5 Å². The molecule has 0 aliphatic heterocycles. The van der Waals surface area contributed by atoms with Crippen molar-refractivity contribution in [3.05, 3.63) is 48.3 Å². The number of nitrogens with one attached hydrogen (secondary N) is 1. The van der Waals surface area contributed by atoms with Crippen molar-refractivity contribution in [2.45, 2.75) is 17.9 Å². The maximum absolute atomic E-state index is 12.1. The number of hydrogen-bond donors (Lipinski definition) is 2. The third-order valence-electron chi connectivity index (χ3n) is 3.24. The highest BCUT2D eigenvalue weighted by atomic mass is 32.2. The number of sulfonamides is 1. The first-order valence-corrected chi connectivity index (χ1v) is 8.49. The molecule has 1 heterocycles. The molecule has 0 aliphatic carbocycles.